The summed E-state index contributed by atoms with van der Waals surface area (Å²) in [5.74, 6) is 0. The van der Waals surface area contributed by atoms with Gasteiger partial charge in [0.15, 0.2) is 9.84 Å². The van der Waals surface area contributed by atoms with Crippen LogP contribution in [-0.2, 0) is 9.84 Å². The van der Waals surface area contributed by atoms with Gasteiger partial charge in [0.05, 0.1) is 10.8 Å². The van der Waals surface area contributed by atoms with E-state index in [0.717, 1.165) is 24.1 Å². The van der Waals surface area contributed by atoms with E-state index in [9.17, 15) is 8.42 Å². The van der Waals surface area contributed by atoms with Gasteiger partial charge in [0, 0.05) is 25.5 Å². The lowest BCUT2D eigenvalue weighted by molar-refractivity contribution is 0.420. The Morgan fingerprint density at radius 1 is 1.45 bits per heavy atom. The first-order valence-electron chi connectivity index (χ1n) is 7.01. The van der Waals surface area contributed by atoms with E-state index >= 15 is 0 Å². The molecule has 112 valence electrons. The van der Waals surface area contributed by atoms with Crippen LogP contribution in [0.1, 0.15) is 24.8 Å². The number of sulfone groups is 1. The fourth-order valence-electron chi connectivity index (χ4n) is 3.48. The summed E-state index contributed by atoms with van der Waals surface area (Å²) in [4.78, 5) is 2.08. The third-order valence-corrected chi connectivity index (χ3v) is 6.31. The fourth-order valence-corrected chi connectivity index (χ4v) is 5.25. The molecular weight excluding hydrogens is 272 g/mol. The molecule has 5 heteroatoms. The largest absolute Gasteiger partial charge is 0.366 e. The first-order chi connectivity index (χ1) is 9.31. The molecule has 2 atom stereocenters. The van der Waals surface area contributed by atoms with E-state index in [0.29, 0.717) is 13.0 Å². The number of nitrogens with two attached hydrogens (primary N) is 1. The predicted molar refractivity (Wildman–Crippen MR) is 83.9 cm³/mol. The predicted octanol–water partition coefficient (Wildman–Crippen LogP) is 1.73. The molecule has 1 aliphatic rings. The second kappa shape index (κ2) is 5.37. The molecule has 1 fully saturated rings. The highest BCUT2D eigenvalue weighted by molar-refractivity contribution is 7.91. The van der Waals surface area contributed by atoms with Gasteiger partial charge in [-0.15, -0.1) is 0 Å². The van der Waals surface area contributed by atoms with Crippen molar-refractivity contribution in [1.82, 2.24) is 0 Å². The Labute approximate surface area is 121 Å². The fraction of sp³-hybridized carbons (Fsp3) is 0.600. The minimum atomic E-state index is -3.11. The molecule has 1 aliphatic carbocycles. The highest BCUT2D eigenvalue weighted by Crippen LogP contribution is 2.40. The van der Waals surface area contributed by atoms with Crippen LogP contribution in [0.2, 0.25) is 0 Å². The van der Waals surface area contributed by atoms with E-state index in [1.165, 1.54) is 6.26 Å². The maximum atomic E-state index is 12.1. The molecule has 1 aromatic rings. The SMILES string of the molecule is Cc1cccc(N(C)C2(CN)CCCC2S(C)(=O)=O)c1. The van der Waals surface area contributed by atoms with Gasteiger partial charge in [0.25, 0.3) is 0 Å². The van der Waals surface area contributed by atoms with Crippen LogP contribution in [0.3, 0.4) is 0 Å². The van der Waals surface area contributed by atoms with Crippen molar-refractivity contribution in [2.24, 2.45) is 5.73 Å². The number of aryl methyl sites for hydroxylation is 1. The second-order valence-electron chi connectivity index (χ2n) is 5.92. The Bertz CT molecular complexity index is 585. The third kappa shape index (κ3) is 2.56. The lowest BCUT2D eigenvalue weighted by Crippen LogP contribution is -2.59. The summed E-state index contributed by atoms with van der Waals surface area (Å²) in [5, 5.41) is -0.384. The van der Waals surface area contributed by atoms with Crippen molar-refractivity contribution in [2.45, 2.75) is 37.0 Å². The van der Waals surface area contributed by atoms with E-state index < -0.39 is 15.4 Å². The molecule has 0 radical (unpaired) electrons. The molecule has 2 N–H and O–H groups in total. The molecule has 0 spiro atoms. The first kappa shape index (κ1) is 15.3. The van der Waals surface area contributed by atoms with Crippen LogP contribution in [0, 0.1) is 6.92 Å². The summed E-state index contributed by atoms with van der Waals surface area (Å²) < 4.78 is 24.3. The van der Waals surface area contributed by atoms with E-state index in [4.69, 9.17) is 5.73 Å². The number of benzene rings is 1. The van der Waals surface area contributed by atoms with E-state index in [1.54, 1.807) is 0 Å². The van der Waals surface area contributed by atoms with Gasteiger partial charge in [-0.1, -0.05) is 12.1 Å². The smallest absolute Gasteiger partial charge is 0.152 e. The molecule has 2 unspecified atom stereocenters. The van der Waals surface area contributed by atoms with Crippen LogP contribution in [-0.4, -0.2) is 39.1 Å². The average molecular weight is 296 g/mol. The first-order valence-corrected chi connectivity index (χ1v) is 8.96. The van der Waals surface area contributed by atoms with Crippen molar-refractivity contribution in [2.75, 3.05) is 24.7 Å². The molecule has 1 aromatic carbocycles. The zero-order chi connectivity index (χ0) is 15.0. The Kier molecular flexibility index (Phi) is 4.12. The summed E-state index contributed by atoms with van der Waals surface area (Å²) in [6, 6.07) is 8.13. The van der Waals surface area contributed by atoms with Crippen molar-refractivity contribution in [3.63, 3.8) is 0 Å². The van der Waals surface area contributed by atoms with Gasteiger partial charge in [0.1, 0.15) is 0 Å². The highest BCUT2D eigenvalue weighted by Gasteiger charge is 2.50. The van der Waals surface area contributed by atoms with Gasteiger partial charge >= 0.3 is 0 Å². The Morgan fingerprint density at radius 3 is 2.70 bits per heavy atom. The van der Waals surface area contributed by atoms with Gasteiger partial charge in [-0.25, -0.2) is 8.42 Å². The lowest BCUT2D eigenvalue weighted by atomic mass is 9.94. The minimum absolute atomic E-state index is 0.356. The van der Waals surface area contributed by atoms with Crippen molar-refractivity contribution in [3.05, 3.63) is 29.8 Å². The van der Waals surface area contributed by atoms with Gasteiger partial charge < -0.3 is 10.6 Å². The van der Waals surface area contributed by atoms with Gasteiger partial charge in [-0.2, -0.15) is 0 Å². The average Bonchev–Trinajstić information content (AvgIpc) is 2.83. The highest BCUT2D eigenvalue weighted by atomic mass is 32.2. The quantitative estimate of drug-likeness (QED) is 0.919. The third-order valence-electron chi connectivity index (χ3n) is 4.60. The summed E-state index contributed by atoms with van der Waals surface area (Å²) in [5.41, 5.74) is 7.74. The van der Waals surface area contributed by atoms with Crippen LogP contribution in [0.25, 0.3) is 0 Å². The van der Waals surface area contributed by atoms with Gasteiger partial charge in [-0.3, -0.25) is 0 Å². The summed E-state index contributed by atoms with van der Waals surface area (Å²) in [6.45, 7) is 2.39. The molecule has 0 aliphatic heterocycles. The molecule has 1 saturated carbocycles. The number of hydrogen-bond donors (Lipinski definition) is 1. The van der Waals surface area contributed by atoms with E-state index in [-0.39, 0.29) is 5.25 Å². The van der Waals surface area contributed by atoms with Crippen LogP contribution >= 0.6 is 0 Å². The van der Waals surface area contributed by atoms with Crippen LogP contribution < -0.4 is 10.6 Å². The number of anilines is 1. The Balaban J connectivity index is 2.45. The zero-order valence-corrected chi connectivity index (χ0v) is 13.3. The molecular formula is C15H24N2O2S. The number of hydrogen-bond acceptors (Lipinski definition) is 4. The molecule has 0 saturated heterocycles. The molecule has 20 heavy (non-hydrogen) atoms. The molecule has 0 heterocycles. The van der Waals surface area contributed by atoms with Crippen LogP contribution in [0.15, 0.2) is 24.3 Å². The lowest BCUT2D eigenvalue weighted by Gasteiger charge is -2.43. The number of likely N-dealkylation sites (N-methyl/N-ethyl adjacent to an activating group) is 1. The second-order valence-corrected chi connectivity index (χ2v) is 8.14. The summed E-state index contributed by atoms with van der Waals surface area (Å²) in [6.07, 6.45) is 3.76. The monoisotopic (exact) mass is 296 g/mol. The van der Waals surface area contributed by atoms with Crippen molar-refractivity contribution >= 4 is 15.5 Å². The normalized spacial score (nSPS) is 26.7. The van der Waals surface area contributed by atoms with Crippen molar-refractivity contribution < 1.29 is 8.42 Å². The van der Waals surface area contributed by atoms with Gasteiger partial charge in [-0.05, 0) is 43.9 Å². The standard InChI is InChI=1S/C15H24N2O2S/c1-12-6-4-7-13(10-12)17(2)15(11-16)9-5-8-14(15)20(3,18)19/h4,6-7,10,14H,5,8-9,11,16H2,1-3H3. The van der Waals surface area contributed by atoms with Crippen molar-refractivity contribution in [3.8, 4) is 0 Å². The topological polar surface area (TPSA) is 63.4 Å². The van der Waals surface area contributed by atoms with Gasteiger partial charge in [0.2, 0.25) is 0 Å². The maximum Gasteiger partial charge on any atom is 0.152 e. The molecule has 4 nitrogen and oxygen atoms in total. The van der Waals surface area contributed by atoms with E-state index in [1.807, 2.05) is 32.2 Å². The Hall–Kier alpha value is -1.07. The van der Waals surface area contributed by atoms with Crippen molar-refractivity contribution in [1.29, 1.82) is 0 Å². The van der Waals surface area contributed by atoms with Crippen LogP contribution in [0.5, 0.6) is 0 Å². The van der Waals surface area contributed by atoms with Crippen LogP contribution in [0.4, 0.5) is 5.69 Å². The zero-order valence-electron chi connectivity index (χ0n) is 12.5. The molecule has 0 bridgehead atoms. The van der Waals surface area contributed by atoms with E-state index in [2.05, 4.69) is 11.0 Å². The minimum Gasteiger partial charge on any atom is -0.366 e. The molecule has 0 amide bonds. The Morgan fingerprint density at radius 2 is 2.15 bits per heavy atom. The molecule has 2 rings (SSSR count). The summed E-state index contributed by atoms with van der Waals surface area (Å²) >= 11 is 0. The summed E-state index contributed by atoms with van der Waals surface area (Å²) in [7, 11) is -1.14. The maximum absolute atomic E-state index is 12.1. The number of nitrogens with zero attached hydrogens (tertiary/aromatic N) is 1. The molecule has 0 aromatic heterocycles. The number of rotatable bonds is 4.